The summed E-state index contributed by atoms with van der Waals surface area (Å²) in [6.07, 6.45) is 1.75. The molecule has 0 atom stereocenters. The number of furan rings is 1. The van der Waals surface area contributed by atoms with Gasteiger partial charge in [-0.25, -0.2) is 0 Å². The zero-order chi connectivity index (χ0) is 18.0. The van der Waals surface area contributed by atoms with E-state index in [9.17, 15) is 4.79 Å². The van der Waals surface area contributed by atoms with Gasteiger partial charge in [0.15, 0.2) is 0 Å². The van der Waals surface area contributed by atoms with E-state index in [-0.39, 0.29) is 12.3 Å². The summed E-state index contributed by atoms with van der Waals surface area (Å²) in [5.74, 6) is 1.00. The van der Waals surface area contributed by atoms with Gasteiger partial charge >= 0.3 is 0 Å². The van der Waals surface area contributed by atoms with E-state index in [1.165, 1.54) is 0 Å². The van der Waals surface area contributed by atoms with E-state index in [4.69, 9.17) is 25.5 Å². The number of amides is 1. The van der Waals surface area contributed by atoms with Crippen LogP contribution in [0.4, 0.5) is 5.69 Å². The fourth-order valence-electron chi connectivity index (χ4n) is 2.62. The molecule has 1 aromatic heterocycles. The fraction of sp³-hybridized carbons (Fsp3) is 0.211. The smallest absolute Gasteiger partial charge is 0.229 e. The molecule has 3 aromatic rings. The number of hydrogen-bond donors (Lipinski definition) is 1. The Morgan fingerprint density at radius 3 is 2.72 bits per heavy atom. The molecule has 1 heterocycles. The van der Waals surface area contributed by atoms with Crippen molar-refractivity contribution in [2.24, 2.45) is 0 Å². The average Bonchev–Trinajstić information content (AvgIpc) is 2.96. The lowest BCUT2D eigenvalue weighted by Crippen LogP contribution is -2.15. The maximum Gasteiger partial charge on any atom is 0.229 e. The molecular formula is C19H18ClNO4. The average molecular weight is 360 g/mol. The third-order valence-electron chi connectivity index (χ3n) is 3.97. The molecule has 0 aliphatic carbocycles. The van der Waals surface area contributed by atoms with Crippen molar-refractivity contribution in [3.8, 4) is 11.5 Å². The molecule has 3 rings (SSSR count). The van der Waals surface area contributed by atoms with E-state index in [1.54, 1.807) is 38.7 Å². The Kier molecular flexibility index (Phi) is 4.86. The van der Waals surface area contributed by atoms with Crippen molar-refractivity contribution in [2.75, 3.05) is 19.5 Å². The van der Waals surface area contributed by atoms with E-state index < -0.39 is 0 Å². The number of hydrogen-bond acceptors (Lipinski definition) is 4. The molecule has 5 nitrogen and oxygen atoms in total. The Balaban J connectivity index is 1.83. The SMILES string of the molecule is COc1ccc(OC)c(NC(=O)Cc2coc3cc(C)c(Cl)cc23)c1. The summed E-state index contributed by atoms with van der Waals surface area (Å²) in [4.78, 5) is 12.5. The van der Waals surface area contributed by atoms with Crippen LogP contribution in [0.15, 0.2) is 41.0 Å². The first kappa shape index (κ1) is 17.2. The van der Waals surface area contributed by atoms with Gasteiger partial charge in [-0.2, -0.15) is 0 Å². The maximum absolute atomic E-state index is 12.5. The van der Waals surface area contributed by atoms with Crippen LogP contribution < -0.4 is 14.8 Å². The molecule has 0 unspecified atom stereocenters. The van der Waals surface area contributed by atoms with Gasteiger partial charge in [0.2, 0.25) is 5.91 Å². The van der Waals surface area contributed by atoms with Gasteiger partial charge in [0.25, 0.3) is 0 Å². The quantitative estimate of drug-likeness (QED) is 0.723. The van der Waals surface area contributed by atoms with Crippen molar-refractivity contribution in [3.05, 3.63) is 52.7 Å². The number of rotatable bonds is 5. The van der Waals surface area contributed by atoms with E-state index >= 15 is 0 Å². The molecule has 2 aromatic carbocycles. The van der Waals surface area contributed by atoms with Crippen molar-refractivity contribution >= 4 is 34.2 Å². The zero-order valence-electron chi connectivity index (χ0n) is 14.2. The molecule has 25 heavy (non-hydrogen) atoms. The molecule has 0 saturated heterocycles. The first-order chi connectivity index (χ1) is 12.0. The number of methoxy groups -OCH3 is 2. The van der Waals surface area contributed by atoms with Crippen LogP contribution >= 0.6 is 11.6 Å². The van der Waals surface area contributed by atoms with E-state index in [0.29, 0.717) is 27.8 Å². The van der Waals surface area contributed by atoms with Crippen LogP contribution in [0, 0.1) is 6.92 Å². The van der Waals surface area contributed by atoms with Gasteiger partial charge in [-0.1, -0.05) is 11.6 Å². The van der Waals surface area contributed by atoms with Crippen LogP contribution in [0.5, 0.6) is 11.5 Å². The number of anilines is 1. The molecule has 6 heteroatoms. The third-order valence-corrected chi connectivity index (χ3v) is 4.37. The lowest BCUT2D eigenvalue weighted by atomic mass is 10.1. The second-order valence-corrected chi connectivity index (χ2v) is 6.06. The van der Waals surface area contributed by atoms with Gasteiger partial charge < -0.3 is 19.2 Å². The number of carbonyl (C=O) groups is 1. The van der Waals surface area contributed by atoms with Gasteiger partial charge in [0.05, 0.1) is 32.6 Å². The highest BCUT2D eigenvalue weighted by atomic mass is 35.5. The molecule has 0 radical (unpaired) electrons. The molecule has 1 N–H and O–H groups in total. The van der Waals surface area contributed by atoms with E-state index in [2.05, 4.69) is 5.32 Å². The highest BCUT2D eigenvalue weighted by Gasteiger charge is 2.14. The Labute approximate surface area is 150 Å². The van der Waals surface area contributed by atoms with Crippen molar-refractivity contribution < 1.29 is 18.7 Å². The molecule has 0 bridgehead atoms. The van der Waals surface area contributed by atoms with Crippen molar-refractivity contribution in [1.82, 2.24) is 0 Å². The standard InChI is InChI=1S/C19H18ClNO4/c1-11-6-18-14(9-15(11)20)12(10-25-18)7-19(22)21-16-8-13(23-2)4-5-17(16)24-3/h4-6,8-10H,7H2,1-3H3,(H,21,22). The fourth-order valence-corrected chi connectivity index (χ4v) is 2.78. The van der Waals surface area contributed by atoms with E-state index in [0.717, 1.165) is 16.5 Å². The van der Waals surface area contributed by atoms with Crippen LogP contribution in [0.2, 0.25) is 5.02 Å². The monoisotopic (exact) mass is 359 g/mol. The second-order valence-electron chi connectivity index (χ2n) is 5.65. The molecule has 0 saturated carbocycles. The number of halogens is 1. The highest BCUT2D eigenvalue weighted by Crippen LogP contribution is 2.30. The topological polar surface area (TPSA) is 60.7 Å². The summed E-state index contributed by atoms with van der Waals surface area (Å²) < 4.78 is 16.0. The van der Waals surface area contributed by atoms with Crippen LogP contribution in [0.25, 0.3) is 11.0 Å². The minimum atomic E-state index is -0.189. The van der Waals surface area contributed by atoms with Crippen molar-refractivity contribution in [2.45, 2.75) is 13.3 Å². The van der Waals surface area contributed by atoms with Crippen LogP contribution in [-0.4, -0.2) is 20.1 Å². The lowest BCUT2D eigenvalue weighted by molar-refractivity contribution is -0.115. The Morgan fingerprint density at radius 1 is 1.20 bits per heavy atom. The van der Waals surface area contributed by atoms with Gasteiger partial charge in [-0.15, -0.1) is 0 Å². The summed E-state index contributed by atoms with van der Waals surface area (Å²) in [6.45, 7) is 1.91. The minimum Gasteiger partial charge on any atom is -0.497 e. The predicted octanol–water partition coefficient (Wildman–Crippen LogP) is 4.59. The molecule has 1 amide bonds. The van der Waals surface area contributed by atoms with E-state index in [1.807, 2.05) is 19.1 Å². The second kappa shape index (κ2) is 7.07. The number of benzene rings is 2. The third kappa shape index (κ3) is 3.56. The number of carbonyl (C=O) groups excluding carboxylic acids is 1. The number of aryl methyl sites for hydroxylation is 1. The maximum atomic E-state index is 12.5. The molecule has 0 aliphatic rings. The number of ether oxygens (including phenoxy) is 2. The summed E-state index contributed by atoms with van der Waals surface area (Å²) >= 11 is 6.18. The summed E-state index contributed by atoms with van der Waals surface area (Å²) in [7, 11) is 3.11. The Bertz CT molecular complexity index is 933. The number of fused-ring (bicyclic) bond motifs is 1. The van der Waals surface area contributed by atoms with Gasteiger partial charge in [0, 0.05) is 22.0 Å². The molecule has 0 aliphatic heterocycles. The summed E-state index contributed by atoms with van der Waals surface area (Å²) in [6, 6.07) is 8.91. The Hall–Kier alpha value is -2.66. The normalized spacial score (nSPS) is 10.7. The Morgan fingerprint density at radius 2 is 2.00 bits per heavy atom. The molecule has 0 spiro atoms. The van der Waals surface area contributed by atoms with Gasteiger partial charge in [0.1, 0.15) is 17.1 Å². The number of nitrogens with one attached hydrogen (secondary N) is 1. The van der Waals surface area contributed by atoms with Crippen molar-refractivity contribution in [3.63, 3.8) is 0 Å². The molecule has 130 valence electrons. The van der Waals surface area contributed by atoms with Gasteiger partial charge in [-0.3, -0.25) is 4.79 Å². The molecular weight excluding hydrogens is 342 g/mol. The van der Waals surface area contributed by atoms with Crippen molar-refractivity contribution in [1.29, 1.82) is 0 Å². The van der Waals surface area contributed by atoms with Gasteiger partial charge in [-0.05, 0) is 36.8 Å². The first-order valence-corrected chi connectivity index (χ1v) is 8.07. The molecule has 0 fully saturated rings. The first-order valence-electron chi connectivity index (χ1n) is 7.70. The largest absolute Gasteiger partial charge is 0.497 e. The van der Waals surface area contributed by atoms with Crippen LogP contribution in [-0.2, 0) is 11.2 Å². The lowest BCUT2D eigenvalue weighted by Gasteiger charge is -2.11. The zero-order valence-corrected chi connectivity index (χ0v) is 14.9. The predicted molar refractivity (Wildman–Crippen MR) is 97.8 cm³/mol. The summed E-state index contributed by atoms with van der Waals surface area (Å²) in [5, 5.41) is 4.33. The highest BCUT2D eigenvalue weighted by molar-refractivity contribution is 6.32. The summed E-state index contributed by atoms with van der Waals surface area (Å²) in [5.41, 5.74) is 2.97. The van der Waals surface area contributed by atoms with Crippen LogP contribution in [0.3, 0.4) is 0 Å². The van der Waals surface area contributed by atoms with Crippen LogP contribution in [0.1, 0.15) is 11.1 Å². The minimum absolute atomic E-state index is 0.159.